The van der Waals surface area contributed by atoms with Crippen LogP contribution >= 0.6 is 22.9 Å². The average Bonchev–Trinajstić information content (AvgIpc) is 3.27. The Labute approximate surface area is 168 Å². The first-order valence-corrected chi connectivity index (χ1v) is 10.7. The molecular formula is C21H23N3OS2. The Morgan fingerprint density at radius 1 is 1.11 bits per heavy atom. The van der Waals surface area contributed by atoms with E-state index < -0.39 is 5.60 Å². The molecule has 0 spiro atoms. The van der Waals surface area contributed by atoms with E-state index in [1.807, 2.05) is 0 Å². The lowest BCUT2D eigenvalue weighted by Crippen LogP contribution is -2.46. The number of aliphatic hydroxyl groups is 1. The van der Waals surface area contributed by atoms with E-state index >= 15 is 0 Å². The Kier molecular flexibility index (Phi) is 5.20. The minimum atomic E-state index is -0.944. The molecule has 0 aliphatic carbocycles. The first kappa shape index (κ1) is 18.5. The fraction of sp³-hybridized carbons (Fsp3) is 0.381. The third-order valence-corrected chi connectivity index (χ3v) is 6.37. The fourth-order valence-corrected chi connectivity index (χ4v) is 4.88. The molecule has 6 heteroatoms. The van der Waals surface area contributed by atoms with Crippen LogP contribution in [-0.2, 0) is 6.54 Å². The minimum Gasteiger partial charge on any atom is -0.378 e. The van der Waals surface area contributed by atoms with E-state index in [0.29, 0.717) is 0 Å². The van der Waals surface area contributed by atoms with Crippen molar-refractivity contribution in [1.82, 2.24) is 9.27 Å². The van der Waals surface area contributed by atoms with Crippen LogP contribution < -0.4 is 4.90 Å². The maximum atomic E-state index is 9.73. The van der Waals surface area contributed by atoms with E-state index in [0.717, 1.165) is 43.4 Å². The number of hydrogen-bond acceptors (Lipinski definition) is 6. The summed E-state index contributed by atoms with van der Waals surface area (Å²) in [5.41, 5.74) is -0.944. The molecule has 2 aromatic heterocycles. The first-order chi connectivity index (χ1) is 13.0. The highest BCUT2D eigenvalue weighted by Crippen LogP contribution is 2.30. The van der Waals surface area contributed by atoms with Crippen molar-refractivity contribution in [2.24, 2.45) is 0 Å². The van der Waals surface area contributed by atoms with Gasteiger partial charge in [-0.3, -0.25) is 4.90 Å². The first-order valence-electron chi connectivity index (χ1n) is 9.14. The summed E-state index contributed by atoms with van der Waals surface area (Å²) in [6, 6.07) is 12.7. The van der Waals surface area contributed by atoms with E-state index in [-0.39, 0.29) is 0 Å². The maximum absolute atomic E-state index is 9.73. The van der Waals surface area contributed by atoms with Gasteiger partial charge in [-0.15, -0.1) is 11.3 Å². The molecule has 0 unspecified atom stereocenters. The Hall–Kier alpha value is -1.91. The molecule has 1 aliphatic heterocycles. The minimum absolute atomic E-state index is 0.944. The van der Waals surface area contributed by atoms with Crippen LogP contribution in [0.3, 0.4) is 0 Å². The van der Waals surface area contributed by atoms with Crippen molar-refractivity contribution in [3.8, 4) is 11.8 Å². The zero-order valence-electron chi connectivity index (χ0n) is 15.6. The summed E-state index contributed by atoms with van der Waals surface area (Å²) in [7, 11) is 0. The topological polar surface area (TPSA) is 39.6 Å². The molecule has 1 aromatic carbocycles. The summed E-state index contributed by atoms with van der Waals surface area (Å²) < 4.78 is 5.94. The summed E-state index contributed by atoms with van der Waals surface area (Å²) in [5, 5.41) is 11.0. The predicted octanol–water partition coefficient (Wildman–Crippen LogP) is 3.80. The molecular weight excluding hydrogens is 374 g/mol. The SMILES string of the molecule is CC(C)(O)C#Cc1ccc(CN2CCN(c3nsc4ccccc34)CC2)s1. The molecule has 27 heavy (non-hydrogen) atoms. The monoisotopic (exact) mass is 397 g/mol. The number of nitrogens with zero attached hydrogens (tertiary/aromatic N) is 3. The largest absolute Gasteiger partial charge is 0.378 e. The van der Waals surface area contributed by atoms with Crippen molar-refractivity contribution in [1.29, 1.82) is 0 Å². The molecule has 4 rings (SSSR count). The smallest absolute Gasteiger partial charge is 0.150 e. The van der Waals surface area contributed by atoms with E-state index in [1.165, 1.54) is 15.0 Å². The van der Waals surface area contributed by atoms with E-state index in [1.54, 1.807) is 36.7 Å². The molecule has 4 nitrogen and oxygen atoms in total. The van der Waals surface area contributed by atoms with Gasteiger partial charge in [-0.25, -0.2) is 0 Å². The highest BCUT2D eigenvalue weighted by Gasteiger charge is 2.21. The van der Waals surface area contributed by atoms with Crippen LogP contribution in [0.4, 0.5) is 5.82 Å². The summed E-state index contributed by atoms with van der Waals surface area (Å²) >= 11 is 3.30. The quantitative estimate of drug-likeness (QED) is 0.683. The number of benzene rings is 1. The number of hydrogen-bond donors (Lipinski definition) is 1. The number of fused-ring (bicyclic) bond motifs is 1. The zero-order chi connectivity index (χ0) is 18.9. The summed E-state index contributed by atoms with van der Waals surface area (Å²) in [6.45, 7) is 8.46. The molecule has 1 saturated heterocycles. The lowest BCUT2D eigenvalue weighted by atomic mass is 10.1. The number of rotatable bonds is 3. The maximum Gasteiger partial charge on any atom is 0.150 e. The van der Waals surface area contributed by atoms with Gasteiger partial charge in [0.2, 0.25) is 0 Å². The van der Waals surface area contributed by atoms with Crippen molar-refractivity contribution < 1.29 is 5.11 Å². The van der Waals surface area contributed by atoms with E-state index in [9.17, 15) is 5.11 Å². The Morgan fingerprint density at radius 3 is 2.67 bits per heavy atom. The highest BCUT2D eigenvalue weighted by atomic mass is 32.1. The van der Waals surface area contributed by atoms with Crippen molar-refractivity contribution in [3.63, 3.8) is 0 Å². The van der Waals surface area contributed by atoms with Gasteiger partial charge in [-0.05, 0) is 49.6 Å². The second-order valence-corrected chi connectivity index (χ2v) is 9.31. The molecule has 3 heterocycles. The summed E-state index contributed by atoms with van der Waals surface area (Å²) in [4.78, 5) is 7.23. The van der Waals surface area contributed by atoms with Gasteiger partial charge in [0.1, 0.15) is 11.4 Å². The van der Waals surface area contributed by atoms with Crippen molar-refractivity contribution >= 4 is 38.8 Å². The van der Waals surface area contributed by atoms with Crippen molar-refractivity contribution in [2.45, 2.75) is 26.0 Å². The van der Waals surface area contributed by atoms with Crippen LogP contribution in [0.2, 0.25) is 0 Å². The lowest BCUT2D eigenvalue weighted by molar-refractivity contribution is 0.143. The van der Waals surface area contributed by atoms with Gasteiger partial charge in [-0.1, -0.05) is 24.0 Å². The zero-order valence-corrected chi connectivity index (χ0v) is 17.2. The molecule has 0 saturated carbocycles. The standard InChI is InChI=1S/C21H23N3OS2/c1-21(2,25)10-9-16-7-8-17(26-16)15-23-11-13-24(14-12-23)20-18-5-3-4-6-19(18)27-22-20/h3-8,25H,11-15H2,1-2H3. The molecule has 0 atom stereocenters. The molecule has 1 aliphatic rings. The number of aromatic nitrogens is 1. The average molecular weight is 398 g/mol. The van der Waals surface area contributed by atoms with Gasteiger partial charge >= 0.3 is 0 Å². The normalized spacial score (nSPS) is 15.7. The van der Waals surface area contributed by atoms with Gasteiger partial charge in [-0.2, -0.15) is 4.37 Å². The molecule has 0 bridgehead atoms. The van der Waals surface area contributed by atoms with Crippen molar-refractivity contribution in [2.75, 3.05) is 31.1 Å². The second kappa shape index (κ2) is 7.61. The van der Waals surface area contributed by atoms with Crippen LogP contribution in [0.15, 0.2) is 36.4 Å². The molecule has 1 fully saturated rings. The third kappa shape index (κ3) is 4.50. The van der Waals surface area contributed by atoms with Crippen LogP contribution in [0, 0.1) is 11.8 Å². The molecule has 1 N–H and O–H groups in total. The van der Waals surface area contributed by atoms with Crippen LogP contribution in [0.25, 0.3) is 10.1 Å². The van der Waals surface area contributed by atoms with Gasteiger partial charge in [0.25, 0.3) is 0 Å². The second-order valence-electron chi connectivity index (χ2n) is 7.34. The van der Waals surface area contributed by atoms with Gasteiger partial charge < -0.3 is 10.0 Å². The predicted molar refractivity (Wildman–Crippen MR) is 115 cm³/mol. The van der Waals surface area contributed by atoms with Crippen LogP contribution in [0.5, 0.6) is 0 Å². The number of piperazine rings is 1. The van der Waals surface area contributed by atoms with Crippen LogP contribution in [0.1, 0.15) is 23.6 Å². The van der Waals surface area contributed by atoms with E-state index in [2.05, 4.69) is 62.4 Å². The van der Waals surface area contributed by atoms with Crippen molar-refractivity contribution in [3.05, 3.63) is 46.2 Å². The number of thiophene rings is 1. The lowest BCUT2D eigenvalue weighted by Gasteiger charge is -2.34. The molecule has 0 amide bonds. The van der Waals surface area contributed by atoms with E-state index in [4.69, 9.17) is 0 Å². The molecule has 3 aromatic rings. The van der Waals surface area contributed by atoms with Gasteiger partial charge in [0.15, 0.2) is 0 Å². The Morgan fingerprint density at radius 2 is 1.89 bits per heavy atom. The summed E-state index contributed by atoms with van der Waals surface area (Å²) in [5.74, 6) is 7.09. The van der Waals surface area contributed by atoms with Gasteiger partial charge in [0, 0.05) is 43.0 Å². The molecule has 140 valence electrons. The third-order valence-electron chi connectivity index (χ3n) is 4.56. The number of anilines is 1. The highest BCUT2D eigenvalue weighted by molar-refractivity contribution is 7.13. The summed E-state index contributed by atoms with van der Waals surface area (Å²) in [6.07, 6.45) is 0. The Balaban J connectivity index is 1.36. The Bertz CT molecular complexity index is 982. The van der Waals surface area contributed by atoms with Gasteiger partial charge in [0.05, 0.1) is 9.58 Å². The molecule has 0 radical (unpaired) electrons. The van der Waals surface area contributed by atoms with Crippen LogP contribution in [-0.4, -0.2) is 46.2 Å². The fourth-order valence-electron chi connectivity index (χ4n) is 3.18.